The molecule has 0 fully saturated rings. The summed E-state index contributed by atoms with van der Waals surface area (Å²) in [5, 5.41) is 13.4. The number of aryl methyl sites for hydroxylation is 2. The summed E-state index contributed by atoms with van der Waals surface area (Å²) in [6.07, 6.45) is 1.13. The molecule has 1 unspecified atom stereocenters. The van der Waals surface area contributed by atoms with Crippen molar-refractivity contribution in [3.8, 4) is 5.75 Å². The lowest BCUT2D eigenvalue weighted by Crippen LogP contribution is -2.16. The van der Waals surface area contributed by atoms with Crippen LogP contribution >= 0.6 is 11.8 Å². The molecule has 1 aliphatic rings. The molecule has 1 heterocycles. The summed E-state index contributed by atoms with van der Waals surface area (Å²) < 4.78 is 0. The number of rotatable bonds is 2. The van der Waals surface area contributed by atoms with E-state index in [1.54, 1.807) is 0 Å². The van der Waals surface area contributed by atoms with Gasteiger partial charge in [-0.2, -0.15) is 0 Å². The number of nitrogens with one attached hydrogen (secondary N) is 1. The summed E-state index contributed by atoms with van der Waals surface area (Å²) in [7, 11) is 0. The first-order valence-electron chi connectivity index (χ1n) is 6.93. The zero-order chi connectivity index (χ0) is 14.1. The summed E-state index contributed by atoms with van der Waals surface area (Å²) in [5.74, 6) is 1.51. The maximum atomic E-state index is 9.76. The maximum absolute atomic E-state index is 9.76. The summed E-state index contributed by atoms with van der Waals surface area (Å²) in [6, 6.07) is 12.8. The van der Waals surface area contributed by atoms with Crippen molar-refractivity contribution in [1.82, 2.24) is 0 Å². The van der Waals surface area contributed by atoms with Gasteiger partial charge in [0, 0.05) is 16.3 Å². The average Bonchev–Trinajstić information content (AvgIpc) is 2.45. The summed E-state index contributed by atoms with van der Waals surface area (Å²) in [5.41, 5.74) is 4.50. The topological polar surface area (TPSA) is 32.3 Å². The molecule has 0 aliphatic carbocycles. The second-order valence-corrected chi connectivity index (χ2v) is 6.46. The van der Waals surface area contributed by atoms with Gasteiger partial charge in [0.15, 0.2) is 0 Å². The van der Waals surface area contributed by atoms with Crippen LogP contribution in [0.15, 0.2) is 41.3 Å². The first kappa shape index (κ1) is 13.4. The molecule has 2 N–H and O–H groups in total. The van der Waals surface area contributed by atoms with Crippen molar-refractivity contribution in [2.75, 3.05) is 11.1 Å². The molecular formula is C17H19NOS. The monoisotopic (exact) mass is 285 g/mol. The molecule has 104 valence electrons. The van der Waals surface area contributed by atoms with E-state index in [2.05, 4.69) is 29.6 Å². The van der Waals surface area contributed by atoms with Gasteiger partial charge in [-0.15, -0.1) is 11.8 Å². The van der Waals surface area contributed by atoms with E-state index in [0.29, 0.717) is 11.8 Å². The molecule has 1 aliphatic heterocycles. The van der Waals surface area contributed by atoms with E-state index in [9.17, 15) is 5.11 Å². The van der Waals surface area contributed by atoms with Gasteiger partial charge in [0.25, 0.3) is 0 Å². The van der Waals surface area contributed by atoms with Crippen LogP contribution < -0.4 is 5.32 Å². The first-order valence-corrected chi connectivity index (χ1v) is 7.92. The molecule has 2 aromatic carbocycles. The van der Waals surface area contributed by atoms with Crippen molar-refractivity contribution in [1.29, 1.82) is 0 Å². The van der Waals surface area contributed by atoms with E-state index >= 15 is 0 Å². The summed E-state index contributed by atoms with van der Waals surface area (Å²) >= 11 is 1.93. The SMILES string of the molecule is Cc1cc(NC2CCSc3ccccc32)c(C)cc1O. The van der Waals surface area contributed by atoms with Gasteiger partial charge in [-0.05, 0) is 55.2 Å². The minimum absolute atomic E-state index is 0.357. The van der Waals surface area contributed by atoms with Crippen LogP contribution in [0.2, 0.25) is 0 Å². The van der Waals surface area contributed by atoms with Crippen LogP contribution in [-0.2, 0) is 0 Å². The molecule has 0 amide bonds. The van der Waals surface area contributed by atoms with Gasteiger partial charge in [-0.25, -0.2) is 0 Å². The molecule has 3 rings (SSSR count). The molecule has 0 bridgehead atoms. The highest BCUT2D eigenvalue weighted by Crippen LogP contribution is 2.38. The lowest BCUT2D eigenvalue weighted by Gasteiger charge is -2.27. The molecule has 0 saturated heterocycles. The van der Waals surface area contributed by atoms with E-state index in [1.807, 2.05) is 37.7 Å². The minimum Gasteiger partial charge on any atom is -0.508 e. The third-order valence-electron chi connectivity index (χ3n) is 3.83. The van der Waals surface area contributed by atoms with Gasteiger partial charge < -0.3 is 10.4 Å². The zero-order valence-electron chi connectivity index (χ0n) is 11.8. The Morgan fingerprint density at radius 3 is 2.80 bits per heavy atom. The second kappa shape index (κ2) is 5.41. The second-order valence-electron chi connectivity index (χ2n) is 5.33. The number of phenols is 1. The number of anilines is 1. The van der Waals surface area contributed by atoms with Crippen molar-refractivity contribution >= 4 is 17.4 Å². The molecular weight excluding hydrogens is 266 g/mol. The van der Waals surface area contributed by atoms with E-state index < -0.39 is 0 Å². The number of aromatic hydroxyl groups is 1. The molecule has 0 saturated carbocycles. The van der Waals surface area contributed by atoms with Crippen molar-refractivity contribution in [2.24, 2.45) is 0 Å². The first-order chi connectivity index (χ1) is 9.65. The normalized spacial score (nSPS) is 17.6. The molecule has 0 radical (unpaired) electrons. The van der Waals surface area contributed by atoms with Crippen molar-refractivity contribution in [2.45, 2.75) is 31.2 Å². The average molecular weight is 285 g/mol. The van der Waals surface area contributed by atoms with Gasteiger partial charge in [0.05, 0.1) is 6.04 Å². The van der Waals surface area contributed by atoms with Crippen LogP contribution in [0.1, 0.15) is 29.2 Å². The van der Waals surface area contributed by atoms with Crippen LogP contribution in [0.25, 0.3) is 0 Å². The standard InChI is InChI=1S/C17H19NOS/c1-11-10-16(19)12(2)9-15(11)18-14-7-8-20-17-6-4-3-5-13(14)17/h3-6,9-10,14,18-19H,7-8H2,1-2H3. The number of phenolic OH excluding ortho intramolecular Hbond substituents is 1. The number of thioether (sulfide) groups is 1. The van der Waals surface area contributed by atoms with Gasteiger partial charge in [-0.1, -0.05) is 18.2 Å². The minimum atomic E-state index is 0.357. The van der Waals surface area contributed by atoms with E-state index in [1.165, 1.54) is 10.5 Å². The van der Waals surface area contributed by atoms with Gasteiger partial charge >= 0.3 is 0 Å². The lowest BCUT2D eigenvalue weighted by molar-refractivity contribution is 0.470. The Hall–Kier alpha value is -1.61. The fraction of sp³-hybridized carbons (Fsp3) is 0.294. The van der Waals surface area contributed by atoms with Crippen LogP contribution in [-0.4, -0.2) is 10.9 Å². The zero-order valence-corrected chi connectivity index (χ0v) is 12.6. The van der Waals surface area contributed by atoms with Gasteiger partial charge in [-0.3, -0.25) is 0 Å². The molecule has 2 aromatic rings. The Morgan fingerprint density at radius 2 is 1.95 bits per heavy atom. The predicted molar refractivity (Wildman–Crippen MR) is 85.7 cm³/mol. The third-order valence-corrected chi connectivity index (χ3v) is 4.95. The Kier molecular flexibility index (Phi) is 3.62. The molecule has 3 heteroatoms. The summed E-state index contributed by atoms with van der Waals surface area (Å²) in [4.78, 5) is 1.38. The van der Waals surface area contributed by atoms with Crippen LogP contribution in [0.4, 0.5) is 5.69 Å². The van der Waals surface area contributed by atoms with Gasteiger partial charge in [0.1, 0.15) is 5.75 Å². The Balaban J connectivity index is 1.91. The van der Waals surface area contributed by atoms with E-state index in [0.717, 1.165) is 29.0 Å². The predicted octanol–water partition coefficient (Wildman–Crippen LogP) is 4.66. The number of fused-ring (bicyclic) bond motifs is 1. The smallest absolute Gasteiger partial charge is 0.118 e. The molecule has 0 spiro atoms. The number of hydrogen-bond donors (Lipinski definition) is 2. The van der Waals surface area contributed by atoms with Gasteiger partial charge in [0.2, 0.25) is 0 Å². The highest BCUT2D eigenvalue weighted by atomic mass is 32.2. The number of hydrogen-bond acceptors (Lipinski definition) is 3. The van der Waals surface area contributed by atoms with Crippen molar-refractivity contribution < 1.29 is 5.11 Å². The third kappa shape index (κ3) is 2.50. The Bertz CT molecular complexity index is 639. The molecule has 20 heavy (non-hydrogen) atoms. The fourth-order valence-corrected chi connectivity index (χ4v) is 3.76. The highest BCUT2D eigenvalue weighted by molar-refractivity contribution is 7.99. The van der Waals surface area contributed by atoms with Crippen molar-refractivity contribution in [3.63, 3.8) is 0 Å². The fourth-order valence-electron chi connectivity index (χ4n) is 2.64. The lowest BCUT2D eigenvalue weighted by atomic mass is 10.0. The Morgan fingerprint density at radius 1 is 1.15 bits per heavy atom. The molecule has 0 aromatic heterocycles. The van der Waals surface area contributed by atoms with E-state index in [-0.39, 0.29) is 0 Å². The van der Waals surface area contributed by atoms with E-state index in [4.69, 9.17) is 0 Å². The highest BCUT2D eigenvalue weighted by Gasteiger charge is 2.20. The number of benzene rings is 2. The van der Waals surface area contributed by atoms with Crippen LogP contribution in [0.3, 0.4) is 0 Å². The Labute approximate surface area is 124 Å². The summed E-state index contributed by atoms with van der Waals surface area (Å²) in [6.45, 7) is 3.97. The van der Waals surface area contributed by atoms with Crippen molar-refractivity contribution in [3.05, 3.63) is 53.1 Å². The maximum Gasteiger partial charge on any atom is 0.118 e. The van der Waals surface area contributed by atoms with Crippen LogP contribution in [0.5, 0.6) is 5.75 Å². The largest absolute Gasteiger partial charge is 0.508 e. The quantitative estimate of drug-likeness (QED) is 0.787. The molecule has 2 nitrogen and oxygen atoms in total. The molecule has 1 atom stereocenters. The van der Waals surface area contributed by atoms with Crippen LogP contribution in [0, 0.1) is 13.8 Å².